The zero-order chi connectivity index (χ0) is 8.55. The van der Waals surface area contributed by atoms with Crippen LogP contribution in [0, 0.1) is 0 Å². The van der Waals surface area contributed by atoms with Gasteiger partial charge in [0, 0.05) is 17.9 Å². The van der Waals surface area contributed by atoms with E-state index in [4.69, 9.17) is 0 Å². The van der Waals surface area contributed by atoms with Gasteiger partial charge in [-0.2, -0.15) is 0 Å². The van der Waals surface area contributed by atoms with Gasteiger partial charge in [-0.1, -0.05) is 13.8 Å². The minimum atomic E-state index is 0. The van der Waals surface area contributed by atoms with Crippen LogP contribution in [0.1, 0.15) is 25.5 Å². The quantitative estimate of drug-likeness (QED) is 0.591. The van der Waals surface area contributed by atoms with E-state index in [0.717, 1.165) is 11.1 Å². The fourth-order valence-electron chi connectivity index (χ4n) is 1.20. The molecule has 0 aliphatic heterocycles. The molecule has 2 heterocycles. The average molecular weight is 247 g/mol. The molecule has 0 saturated heterocycles. The van der Waals surface area contributed by atoms with Crippen molar-refractivity contribution >= 4 is 11.0 Å². The van der Waals surface area contributed by atoms with Crippen LogP contribution >= 0.6 is 0 Å². The van der Waals surface area contributed by atoms with E-state index < -0.39 is 0 Å². The average Bonchev–Trinajstić information content (AvgIpc) is 2.49. The van der Waals surface area contributed by atoms with Gasteiger partial charge >= 0.3 is 58.2 Å². The minimum absolute atomic E-state index is 0. The van der Waals surface area contributed by atoms with Gasteiger partial charge in [-0.15, -0.1) is 0 Å². The van der Waals surface area contributed by atoms with Gasteiger partial charge in [0.1, 0.15) is 0 Å². The Morgan fingerprint density at radius 2 is 2.08 bits per heavy atom. The van der Waals surface area contributed by atoms with E-state index in [2.05, 4.69) is 34.0 Å². The topological polar surface area (TPSA) is 52.8 Å². The van der Waals surface area contributed by atoms with Crippen molar-refractivity contribution in [2.24, 2.45) is 0 Å². The summed E-state index contributed by atoms with van der Waals surface area (Å²) >= 11 is 0. The summed E-state index contributed by atoms with van der Waals surface area (Å²) in [5.74, 6) is 0.390. The van der Waals surface area contributed by atoms with Crippen molar-refractivity contribution in [3.63, 3.8) is 0 Å². The predicted octanol–water partition coefficient (Wildman–Crippen LogP) is -1.89. The third-order valence-electron chi connectivity index (χ3n) is 1.78. The normalized spacial score (nSPS) is 10.4. The monoisotopic (exact) mass is 246 g/mol. The van der Waals surface area contributed by atoms with Crippen LogP contribution in [0.4, 0.5) is 0 Å². The summed E-state index contributed by atoms with van der Waals surface area (Å²) in [7, 11) is 0. The molecule has 0 amide bonds. The van der Waals surface area contributed by atoms with Gasteiger partial charge in [-0.05, 0) is 11.6 Å². The molecule has 0 unspecified atom stereocenters. The molecule has 0 atom stereocenters. The van der Waals surface area contributed by atoms with Crippen molar-refractivity contribution in [1.29, 1.82) is 0 Å². The number of nitrogens with zero attached hydrogens (tertiary/aromatic N) is 4. The van der Waals surface area contributed by atoms with Crippen LogP contribution in [0.3, 0.4) is 0 Å². The molecule has 0 radical (unpaired) electrons. The van der Waals surface area contributed by atoms with Crippen LogP contribution in [0.25, 0.3) is 11.0 Å². The summed E-state index contributed by atoms with van der Waals surface area (Å²) in [6.45, 7) is 4.18. The second kappa shape index (κ2) is 4.73. The molecular formula is C8H9N4Rb. The van der Waals surface area contributed by atoms with Crippen molar-refractivity contribution in [2.75, 3.05) is 0 Å². The Bertz CT molecular complexity index is 396. The first kappa shape index (κ1) is 11.4. The van der Waals surface area contributed by atoms with E-state index in [1.807, 2.05) is 0 Å². The van der Waals surface area contributed by atoms with Crippen LogP contribution in [0.5, 0.6) is 0 Å². The molecule has 0 aliphatic carbocycles. The molecule has 4 nitrogen and oxygen atoms in total. The Hall–Kier alpha value is 0.355. The third-order valence-corrected chi connectivity index (χ3v) is 1.78. The first-order valence-electron chi connectivity index (χ1n) is 3.88. The molecule has 0 aromatic carbocycles. The predicted molar refractivity (Wildman–Crippen MR) is 44.7 cm³/mol. The van der Waals surface area contributed by atoms with E-state index in [9.17, 15) is 0 Å². The van der Waals surface area contributed by atoms with Gasteiger partial charge < -0.3 is 10.1 Å². The Labute approximate surface area is 125 Å². The van der Waals surface area contributed by atoms with E-state index >= 15 is 0 Å². The third kappa shape index (κ3) is 2.23. The van der Waals surface area contributed by atoms with E-state index in [-0.39, 0.29) is 58.2 Å². The van der Waals surface area contributed by atoms with Gasteiger partial charge in [0.15, 0.2) is 0 Å². The smallest absolute Gasteiger partial charge is 0.425 e. The second-order valence-electron chi connectivity index (χ2n) is 3.00. The fourth-order valence-corrected chi connectivity index (χ4v) is 1.20. The van der Waals surface area contributed by atoms with E-state index in [1.54, 1.807) is 6.20 Å². The summed E-state index contributed by atoms with van der Waals surface area (Å²) < 4.78 is 0. The first-order chi connectivity index (χ1) is 5.79. The standard InChI is InChI=1S/C8H9N4.Rb/c1-5(2)7-6-3-11-12-8(6)10-4-9-7;/h3-5H,1-2H3;/q-1;+1. The maximum Gasteiger partial charge on any atom is 1.00 e. The summed E-state index contributed by atoms with van der Waals surface area (Å²) in [5.41, 5.74) is 1.71. The molecule has 2 aromatic rings. The minimum Gasteiger partial charge on any atom is -0.425 e. The molecule has 62 valence electrons. The maximum atomic E-state index is 4.19. The molecule has 0 spiro atoms. The van der Waals surface area contributed by atoms with Crippen molar-refractivity contribution in [1.82, 2.24) is 20.2 Å². The van der Waals surface area contributed by atoms with E-state index in [1.165, 1.54) is 6.33 Å². The number of fused-ring (bicyclic) bond motifs is 1. The summed E-state index contributed by atoms with van der Waals surface area (Å²) in [4.78, 5) is 8.19. The van der Waals surface area contributed by atoms with Crippen LogP contribution in [0.2, 0.25) is 0 Å². The molecule has 0 saturated carbocycles. The molecule has 0 fully saturated rings. The van der Waals surface area contributed by atoms with Crippen molar-refractivity contribution in [2.45, 2.75) is 19.8 Å². The van der Waals surface area contributed by atoms with Gasteiger partial charge in [0.05, 0.1) is 5.69 Å². The summed E-state index contributed by atoms with van der Waals surface area (Å²) in [5, 5.41) is 8.62. The van der Waals surface area contributed by atoms with E-state index in [0.29, 0.717) is 11.6 Å². The van der Waals surface area contributed by atoms with Crippen LogP contribution in [0.15, 0.2) is 12.5 Å². The Balaban J connectivity index is 0.000000845. The molecule has 0 bridgehead atoms. The number of hydrogen-bond acceptors (Lipinski definition) is 3. The second-order valence-corrected chi connectivity index (χ2v) is 3.00. The van der Waals surface area contributed by atoms with Gasteiger partial charge in [-0.25, -0.2) is 0 Å². The van der Waals surface area contributed by atoms with Gasteiger partial charge in [-0.3, -0.25) is 10.1 Å². The molecular weight excluding hydrogens is 238 g/mol. The van der Waals surface area contributed by atoms with Crippen molar-refractivity contribution in [3.05, 3.63) is 18.2 Å². The number of rotatable bonds is 1. The Morgan fingerprint density at radius 3 is 2.77 bits per heavy atom. The Morgan fingerprint density at radius 1 is 1.31 bits per heavy atom. The molecule has 2 rings (SSSR count). The van der Waals surface area contributed by atoms with Gasteiger partial charge in [0.25, 0.3) is 0 Å². The zero-order valence-corrected chi connectivity index (χ0v) is 12.9. The molecule has 5 heteroatoms. The van der Waals surface area contributed by atoms with Crippen molar-refractivity contribution < 1.29 is 58.2 Å². The molecule has 0 aliphatic rings. The van der Waals surface area contributed by atoms with Gasteiger partial charge in [0.2, 0.25) is 0 Å². The van der Waals surface area contributed by atoms with Crippen LogP contribution in [-0.2, 0) is 0 Å². The first-order valence-corrected chi connectivity index (χ1v) is 3.88. The maximum absolute atomic E-state index is 4.19. The van der Waals surface area contributed by atoms with Crippen molar-refractivity contribution in [3.8, 4) is 0 Å². The molecule has 2 aromatic heterocycles. The number of aromatic nitrogens is 4. The Kier molecular flexibility index (Phi) is 4.16. The summed E-state index contributed by atoms with van der Waals surface area (Å²) in [6, 6.07) is 0. The summed E-state index contributed by atoms with van der Waals surface area (Å²) in [6.07, 6.45) is 3.25. The largest absolute Gasteiger partial charge is 1.00 e. The molecule has 13 heavy (non-hydrogen) atoms. The fraction of sp³-hybridized carbons (Fsp3) is 0.375. The molecule has 0 N–H and O–H groups in total. The van der Waals surface area contributed by atoms with Crippen LogP contribution in [-0.4, -0.2) is 15.1 Å². The SMILES string of the molecule is CC(C)c1ncnc2[n-]ncc12.[Rb+]. The van der Waals surface area contributed by atoms with Crippen LogP contribution < -0.4 is 63.3 Å². The zero-order valence-electron chi connectivity index (χ0n) is 8.02. The number of hydrogen-bond donors (Lipinski definition) is 0.